The van der Waals surface area contributed by atoms with Crippen molar-refractivity contribution in [1.82, 2.24) is 9.80 Å². The second-order valence-electron chi connectivity index (χ2n) is 5.59. The number of piperidine rings is 2. The van der Waals surface area contributed by atoms with E-state index in [9.17, 15) is 0 Å². The molecule has 2 rings (SSSR count). The first-order valence-electron chi connectivity index (χ1n) is 7.61. The van der Waals surface area contributed by atoms with Crippen molar-refractivity contribution in [1.29, 1.82) is 0 Å². The normalized spacial score (nSPS) is 30.7. The summed E-state index contributed by atoms with van der Waals surface area (Å²) in [6, 6.07) is 0.886. The van der Waals surface area contributed by atoms with E-state index in [1.54, 1.807) is 0 Å². The topological polar surface area (TPSA) is 58.5 Å². The lowest BCUT2D eigenvalue weighted by molar-refractivity contribution is 0.219. The highest BCUT2D eigenvalue weighted by atomic mass is 15.1. The van der Waals surface area contributed by atoms with Gasteiger partial charge in [0.25, 0.3) is 0 Å². The van der Waals surface area contributed by atoms with Crippen molar-refractivity contribution in [3.05, 3.63) is 0 Å². The second kappa shape index (κ2) is 8.86. The summed E-state index contributed by atoms with van der Waals surface area (Å²) >= 11 is 0. The molecule has 0 spiro atoms. The van der Waals surface area contributed by atoms with Crippen LogP contribution in [0.1, 0.15) is 39.5 Å². The molecule has 2 heterocycles. The van der Waals surface area contributed by atoms with Gasteiger partial charge in [-0.05, 0) is 51.9 Å². The molecule has 2 saturated heterocycles. The maximum Gasteiger partial charge on any atom is 0.0168 e. The van der Waals surface area contributed by atoms with Crippen LogP contribution in [0.5, 0.6) is 0 Å². The molecule has 0 amide bonds. The molecule has 0 aromatic carbocycles. The van der Waals surface area contributed by atoms with E-state index in [0.717, 1.165) is 26.2 Å². The lowest BCUT2D eigenvalue weighted by Crippen LogP contribution is -2.42. The summed E-state index contributed by atoms with van der Waals surface area (Å²) in [5.41, 5.74) is 11.5. The second-order valence-corrected chi connectivity index (χ2v) is 5.59. The molecule has 18 heavy (non-hydrogen) atoms. The van der Waals surface area contributed by atoms with Gasteiger partial charge in [0, 0.05) is 25.2 Å². The van der Waals surface area contributed by atoms with Crippen LogP contribution >= 0.6 is 0 Å². The van der Waals surface area contributed by atoms with E-state index in [4.69, 9.17) is 11.5 Å². The molecule has 0 radical (unpaired) electrons. The quantitative estimate of drug-likeness (QED) is 0.769. The van der Waals surface area contributed by atoms with Gasteiger partial charge in [-0.2, -0.15) is 0 Å². The number of likely N-dealkylation sites (N-methyl/N-ethyl adjacent to an activating group) is 2. The standard InChI is InChI=1S/2C7H16N2/c2*1-2-9-5-3-4-7(8)6-9/h2*7H,2-6,8H2,1H3. The third-order valence-corrected chi connectivity index (χ3v) is 3.98. The molecule has 4 N–H and O–H groups in total. The lowest BCUT2D eigenvalue weighted by Gasteiger charge is -2.29. The van der Waals surface area contributed by atoms with Crippen LogP contribution in [-0.4, -0.2) is 61.2 Å². The zero-order chi connectivity index (χ0) is 13.4. The van der Waals surface area contributed by atoms with E-state index in [1.807, 2.05) is 0 Å². The van der Waals surface area contributed by atoms with E-state index >= 15 is 0 Å². The number of nitrogens with two attached hydrogens (primary N) is 2. The summed E-state index contributed by atoms with van der Waals surface area (Å²) in [5, 5.41) is 0. The number of hydrogen-bond acceptors (Lipinski definition) is 4. The van der Waals surface area contributed by atoms with Gasteiger partial charge in [-0.3, -0.25) is 0 Å². The zero-order valence-corrected chi connectivity index (χ0v) is 12.3. The van der Waals surface area contributed by atoms with Crippen molar-refractivity contribution < 1.29 is 0 Å². The minimum atomic E-state index is 0.443. The Morgan fingerprint density at radius 1 is 0.833 bits per heavy atom. The third kappa shape index (κ3) is 6.14. The van der Waals surface area contributed by atoms with Crippen molar-refractivity contribution in [2.45, 2.75) is 51.6 Å². The fourth-order valence-corrected chi connectivity index (χ4v) is 2.76. The van der Waals surface area contributed by atoms with Gasteiger partial charge in [-0.1, -0.05) is 13.8 Å². The Morgan fingerprint density at radius 3 is 1.44 bits per heavy atom. The number of nitrogens with zero attached hydrogens (tertiary/aromatic N) is 2. The third-order valence-electron chi connectivity index (χ3n) is 3.98. The molecule has 4 nitrogen and oxygen atoms in total. The minimum absolute atomic E-state index is 0.443. The van der Waals surface area contributed by atoms with Crippen molar-refractivity contribution in [3.63, 3.8) is 0 Å². The fourth-order valence-electron chi connectivity index (χ4n) is 2.76. The van der Waals surface area contributed by atoms with Crippen LogP contribution < -0.4 is 11.5 Å². The highest BCUT2D eigenvalue weighted by Crippen LogP contribution is 2.07. The first kappa shape index (κ1) is 15.9. The molecule has 2 aliphatic rings. The zero-order valence-electron chi connectivity index (χ0n) is 12.3. The summed E-state index contributed by atoms with van der Waals surface area (Å²) in [7, 11) is 0. The molecule has 0 aliphatic carbocycles. The van der Waals surface area contributed by atoms with Crippen LogP contribution in [0.15, 0.2) is 0 Å². The summed E-state index contributed by atoms with van der Waals surface area (Å²) in [5.74, 6) is 0. The average molecular weight is 256 g/mol. The molecule has 2 unspecified atom stereocenters. The minimum Gasteiger partial charge on any atom is -0.327 e. The van der Waals surface area contributed by atoms with Gasteiger partial charge >= 0.3 is 0 Å². The van der Waals surface area contributed by atoms with Gasteiger partial charge in [0.1, 0.15) is 0 Å². The van der Waals surface area contributed by atoms with Gasteiger partial charge < -0.3 is 21.3 Å². The maximum atomic E-state index is 5.76. The first-order valence-corrected chi connectivity index (χ1v) is 7.61. The Balaban J connectivity index is 0.000000180. The lowest BCUT2D eigenvalue weighted by atomic mass is 10.1. The summed E-state index contributed by atoms with van der Waals surface area (Å²) in [6.45, 7) is 11.4. The van der Waals surface area contributed by atoms with Crippen LogP contribution in [0.3, 0.4) is 0 Å². The van der Waals surface area contributed by atoms with Crippen molar-refractivity contribution in [2.24, 2.45) is 11.5 Å². The average Bonchev–Trinajstić information content (AvgIpc) is 2.39. The van der Waals surface area contributed by atoms with E-state index in [2.05, 4.69) is 23.6 Å². The molecular weight excluding hydrogens is 224 g/mol. The van der Waals surface area contributed by atoms with Crippen molar-refractivity contribution in [3.8, 4) is 0 Å². The number of hydrogen-bond donors (Lipinski definition) is 2. The molecule has 2 atom stereocenters. The fraction of sp³-hybridized carbons (Fsp3) is 1.00. The molecule has 2 aliphatic heterocycles. The molecule has 2 fully saturated rings. The van der Waals surface area contributed by atoms with Gasteiger partial charge in [0.15, 0.2) is 0 Å². The van der Waals surface area contributed by atoms with E-state index < -0.39 is 0 Å². The highest BCUT2D eigenvalue weighted by molar-refractivity contribution is 4.74. The van der Waals surface area contributed by atoms with E-state index in [-0.39, 0.29) is 0 Å². The molecule has 108 valence electrons. The Bertz CT molecular complexity index is 188. The Labute approximate surface area is 113 Å². The van der Waals surface area contributed by atoms with E-state index in [1.165, 1.54) is 38.8 Å². The van der Waals surface area contributed by atoms with Crippen LogP contribution in [0, 0.1) is 0 Å². The van der Waals surface area contributed by atoms with Crippen LogP contribution in [0.25, 0.3) is 0 Å². The molecule has 0 saturated carbocycles. The molecule has 0 aromatic heterocycles. The largest absolute Gasteiger partial charge is 0.327 e. The van der Waals surface area contributed by atoms with Gasteiger partial charge in [-0.25, -0.2) is 0 Å². The number of rotatable bonds is 2. The van der Waals surface area contributed by atoms with E-state index in [0.29, 0.717) is 12.1 Å². The monoisotopic (exact) mass is 256 g/mol. The number of likely N-dealkylation sites (tertiary alicyclic amines) is 2. The summed E-state index contributed by atoms with van der Waals surface area (Å²) in [6.07, 6.45) is 5.01. The predicted octanol–water partition coefficient (Wildman–Crippen LogP) is 0.859. The first-order chi connectivity index (χ1) is 8.65. The van der Waals surface area contributed by atoms with Crippen molar-refractivity contribution in [2.75, 3.05) is 39.3 Å². The molecule has 0 aromatic rings. The molecule has 4 heteroatoms. The summed E-state index contributed by atoms with van der Waals surface area (Å²) < 4.78 is 0. The smallest absolute Gasteiger partial charge is 0.0168 e. The maximum absolute atomic E-state index is 5.76. The van der Waals surface area contributed by atoms with Crippen LogP contribution in [0.2, 0.25) is 0 Å². The SMILES string of the molecule is CCN1CCCC(N)C1.CCN1CCCC(N)C1. The molecular formula is C14H32N4. The van der Waals surface area contributed by atoms with Crippen LogP contribution in [0.4, 0.5) is 0 Å². The van der Waals surface area contributed by atoms with Gasteiger partial charge in [0.05, 0.1) is 0 Å². The summed E-state index contributed by atoms with van der Waals surface area (Å²) in [4.78, 5) is 4.82. The Hall–Kier alpha value is -0.160. The molecule has 0 bridgehead atoms. The highest BCUT2D eigenvalue weighted by Gasteiger charge is 2.14. The Kier molecular flexibility index (Phi) is 7.82. The Morgan fingerprint density at radius 2 is 1.22 bits per heavy atom. The van der Waals surface area contributed by atoms with Crippen LogP contribution in [-0.2, 0) is 0 Å². The van der Waals surface area contributed by atoms with Crippen molar-refractivity contribution >= 4 is 0 Å². The predicted molar refractivity (Wildman–Crippen MR) is 78.6 cm³/mol. The van der Waals surface area contributed by atoms with Gasteiger partial charge in [-0.15, -0.1) is 0 Å². The van der Waals surface area contributed by atoms with Gasteiger partial charge in [0.2, 0.25) is 0 Å².